The van der Waals surface area contributed by atoms with Gasteiger partial charge in [0.25, 0.3) is 0 Å². The number of amides is 1. The van der Waals surface area contributed by atoms with Crippen molar-refractivity contribution in [3.63, 3.8) is 0 Å². The van der Waals surface area contributed by atoms with Crippen LogP contribution in [0, 0.1) is 5.82 Å². The van der Waals surface area contributed by atoms with Gasteiger partial charge in [-0.05, 0) is 23.3 Å². The standard InChI is InChI=1S/C18H21FN2O2/c1-23-12-11-20-13-17(22)21-18(14-5-3-2-4-6-14)15-7-9-16(19)10-8-15/h2-10,18,20H,11-13H2,1H3,(H,21,22). The Bertz CT molecular complexity index is 602. The molecule has 122 valence electrons. The van der Waals surface area contributed by atoms with Crippen LogP contribution in [0.15, 0.2) is 54.6 Å². The molecule has 0 saturated carbocycles. The molecular weight excluding hydrogens is 295 g/mol. The fraction of sp³-hybridized carbons (Fsp3) is 0.278. The highest BCUT2D eigenvalue weighted by atomic mass is 19.1. The van der Waals surface area contributed by atoms with Crippen LogP contribution in [0.5, 0.6) is 0 Å². The summed E-state index contributed by atoms with van der Waals surface area (Å²) in [6, 6.07) is 15.5. The summed E-state index contributed by atoms with van der Waals surface area (Å²) in [6.45, 7) is 1.36. The molecule has 2 rings (SSSR count). The molecule has 0 bridgehead atoms. The van der Waals surface area contributed by atoms with Gasteiger partial charge < -0.3 is 15.4 Å². The van der Waals surface area contributed by atoms with Crippen molar-refractivity contribution in [1.82, 2.24) is 10.6 Å². The zero-order valence-corrected chi connectivity index (χ0v) is 13.1. The first-order chi connectivity index (χ1) is 11.2. The molecule has 23 heavy (non-hydrogen) atoms. The van der Waals surface area contributed by atoms with Gasteiger partial charge in [-0.15, -0.1) is 0 Å². The van der Waals surface area contributed by atoms with Gasteiger partial charge in [-0.1, -0.05) is 42.5 Å². The van der Waals surface area contributed by atoms with E-state index in [2.05, 4.69) is 10.6 Å². The largest absolute Gasteiger partial charge is 0.383 e. The first kappa shape index (κ1) is 17.1. The number of rotatable bonds is 8. The molecule has 0 fully saturated rings. The Hall–Kier alpha value is -2.24. The van der Waals surface area contributed by atoms with Crippen LogP contribution < -0.4 is 10.6 Å². The molecular formula is C18H21FN2O2. The molecule has 2 aromatic carbocycles. The Morgan fingerprint density at radius 1 is 1.09 bits per heavy atom. The van der Waals surface area contributed by atoms with Crippen LogP contribution in [-0.4, -0.2) is 32.7 Å². The van der Waals surface area contributed by atoms with Crippen LogP contribution in [-0.2, 0) is 9.53 Å². The number of halogens is 1. The molecule has 1 atom stereocenters. The molecule has 0 heterocycles. The summed E-state index contributed by atoms with van der Waals surface area (Å²) in [4.78, 5) is 12.1. The second kappa shape index (κ2) is 9.02. The van der Waals surface area contributed by atoms with Crippen molar-refractivity contribution in [1.29, 1.82) is 0 Å². The minimum absolute atomic E-state index is 0.126. The second-order valence-corrected chi connectivity index (χ2v) is 5.13. The summed E-state index contributed by atoms with van der Waals surface area (Å²) < 4.78 is 18.1. The van der Waals surface area contributed by atoms with E-state index in [-0.39, 0.29) is 24.3 Å². The Morgan fingerprint density at radius 2 is 1.74 bits per heavy atom. The van der Waals surface area contributed by atoms with Crippen LogP contribution in [0.4, 0.5) is 4.39 Å². The van der Waals surface area contributed by atoms with Crippen molar-refractivity contribution in [3.05, 3.63) is 71.5 Å². The predicted molar refractivity (Wildman–Crippen MR) is 87.6 cm³/mol. The third-order valence-corrected chi connectivity index (χ3v) is 3.41. The van der Waals surface area contributed by atoms with E-state index in [1.807, 2.05) is 30.3 Å². The molecule has 0 spiro atoms. The normalized spacial score (nSPS) is 11.9. The highest BCUT2D eigenvalue weighted by Gasteiger charge is 2.16. The molecule has 0 aromatic heterocycles. The van der Waals surface area contributed by atoms with Gasteiger partial charge in [0.15, 0.2) is 0 Å². The van der Waals surface area contributed by atoms with E-state index in [1.54, 1.807) is 19.2 Å². The minimum Gasteiger partial charge on any atom is -0.383 e. The SMILES string of the molecule is COCCNCC(=O)NC(c1ccccc1)c1ccc(F)cc1. The average Bonchev–Trinajstić information content (AvgIpc) is 2.58. The summed E-state index contributed by atoms with van der Waals surface area (Å²) in [6.07, 6.45) is 0. The van der Waals surface area contributed by atoms with Crippen molar-refractivity contribution in [3.8, 4) is 0 Å². The van der Waals surface area contributed by atoms with Crippen LogP contribution in [0.1, 0.15) is 17.2 Å². The lowest BCUT2D eigenvalue weighted by Gasteiger charge is -2.20. The fourth-order valence-corrected chi connectivity index (χ4v) is 2.25. The number of hydrogen-bond donors (Lipinski definition) is 2. The lowest BCUT2D eigenvalue weighted by Crippen LogP contribution is -2.37. The Balaban J connectivity index is 2.08. The molecule has 0 aliphatic rings. The molecule has 0 saturated heterocycles. The van der Waals surface area contributed by atoms with Crippen LogP contribution >= 0.6 is 0 Å². The maximum atomic E-state index is 13.1. The van der Waals surface area contributed by atoms with Crippen LogP contribution in [0.2, 0.25) is 0 Å². The molecule has 2 N–H and O–H groups in total. The molecule has 1 amide bonds. The van der Waals surface area contributed by atoms with Crippen molar-refractivity contribution in [2.45, 2.75) is 6.04 Å². The Morgan fingerprint density at radius 3 is 2.39 bits per heavy atom. The van der Waals surface area contributed by atoms with Crippen molar-refractivity contribution in [2.24, 2.45) is 0 Å². The predicted octanol–water partition coefficient (Wildman–Crippen LogP) is 2.27. The van der Waals surface area contributed by atoms with Gasteiger partial charge >= 0.3 is 0 Å². The van der Waals surface area contributed by atoms with Gasteiger partial charge in [-0.25, -0.2) is 4.39 Å². The summed E-state index contributed by atoms with van der Waals surface area (Å²) in [5.74, 6) is -0.424. The van der Waals surface area contributed by atoms with Gasteiger partial charge in [0.2, 0.25) is 5.91 Å². The number of hydrogen-bond acceptors (Lipinski definition) is 3. The molecule has 2 aromatic rings. The monoisotopic (exact) mass is 316 g/mol. The van der Waals surface area contributed by atoms with Crippen molar-refractivity contribution in [2.75, 3.05) is 26.8 Å². The highest BCUT2D eigenvalue weighted by Crippen LogP contribution is 2.22. The first-order valence-electron chi connectivity index (χ1n) is 7.50. The maximum absolute atomic E-state index is 13.1. The van der Waals surface area contributed by atoms with E-state index >= 15 is 0 Å². The van der Waals surface area contributed by atoms with Gasteiger partial charge in [0.05, 0.1) is 19.2 Å². The van der Waals surface area contributed by atoms with Crippen LogP contribution in [0.3, 0.4) is 0 Å². The Labute approximate surface area is 135 Å². The zero-order chi connectivity index (χ0) is 16.5. The van der Waals surface area contributed by atoms with Crippen molar-refractivity contribution >= 4 is 5.91 Å². The number of methoxy groups -OCH3 is 1. The van der Waals surface area contributed by atoms with E-state index in [0.29, 0.717) is 13.2 Å². The van der Waals surface area contributed by atoms with E-state index in [9.17, 15) is 9.18 Å². The lowest BCUT2D eigenvalue weighted by molar-refractivity contribution is -0.120. The third-order valence-electron chi connectivity index (χ3n) is 3.41. The molecule has 4 nitrogen and oxygen atoms in total. The fourth-order valence-electron chi connectivity index (χ4n) is 2.25. The number of benzene rings is 2. The van der Waals surface area contributed by atoms with E-state index in [4.69, 9.17) is 4.74 Å². The summed E-state index contributed by atoms with van der Waals surface area (Å²) in [5.41, 5.74) is 1.78. The van der Waals surface area contributed by atoms with E-state index in [1.165, 1.54) is 12.1 Å². The van der Waals surface area contributed by atoms with Gasteiger partial charge in [0.1, 0.15) is 5.82 Å². The topological polar surface area (TPSA) is 50.4 Å². The first-order valence-corrected chi connectivity index (χ1v) is 7.50. The quantitative estimate of drug-likeness (QED) is 0.735. The molecule has 0 aliphatic heterocycles. The van der Waals surface area contributed by atoms with E-state index in [0.717, 1.165) is 11.1 Å². The smallest absolute Gasteiger partial charge is 0.234 e. The number of carbonyl (C=O) groups is 1. The van der Waals surface area contributed by atoms with Gasteiger partial charge in [-0.3, -0.25) is 4.79 Å². The molecule has 5 heteroatoms. The van der Waals surface area contributed by atoms with Crippen LogP contribution in [0.25, 0.3) is 0 Å². The number of carbonyl (C=O) groups excluding carboxylic acids is 1. The maximum Gasteiger partial charge on any atom is 0.234 e. The number of ether oxygens (including phenoxy) is 1. The summed E-state index contributed by atoms with van der Waals surface area (Å²) in [5, 5.41) is 5.99. The zero-order valence-electron chi connectivity index (χ0n) is 13.1. The van der Waals surface area contributed by atoms with Crippen molar-refractivity contribution < 1.29 is 13.9 Å². The molecule has 0 radical (unpaired) electrons. The average molecular weight is 316 g/mol. The third kappa shape index (κ3) is 5.47. The molecule has 0 aliphatic carbocycles. The lowest BCUT2D eigenvalue weighted by atomic mass is 9.98. The minimum atomic E-state index is -0.312. The summed E-state index contributed by atoms with van der Waals surface area (Å²) in [7, 11) is 1.61. The van der Waals surface area contributed by atoms with Gasteiger partial charge in [-0.2, -0.15) is 0 Å². The Kier molecular flexibility index (Phi) is 6.72. The summed E-state index contributed by atoms with van der Waals surface area (Å²) >= 11 is 0. The van der Waals surface area contributed by atoms with Gasteiger partial charge in [0, 0.05) is 13.7 Å². The van der Waals surface area contributed by atoms with E-state index < -0.39 is 0 Å². The molecule has 1 unspecified atom stereocenters. The second-order valence-electron chi connectivity index (χ2n) is 5.13. The number of nitrogens with one attached hydrogen (secondary N) is 2. The highest BCUT2D eigenvalue weighted by molar-refractivity contribution is 5.79.